The molecule has 0 spiro atoms. The Kier molecular flexibility index (Phi) is 6.11. The lowest BCUT2D eigenvalue weighted by atomic mass is 9.93. The normalized spacial score (nSPS) is 28.1. The molecule has 1 unspecified atom stereocenters. The minimum Gasteiger partial charge on any atom is -0.330 e. The summed E-state index contributed by atoms with van der Waals surface area (Å²) in [5.41, 5.74) is 5.79. The second-order valence-electron chi connectivity index (χ2n) is 6.89. The number of piperidine rings is 2. The molecule has 0 amide bonds. The SMILES string of the molecule is CC(C)CN1CCC(N2CCCCC2CCN)CC1. The topological polar surface area (TPSA) is 32.5 Å². The third-order valence-corrected chi connectivity index (χ3v) is 4.82. The number of hydrogen-bond donors (Lipinski definition) is 1. The molecule has 112 valence electrons. The average Bonchev–Trinajstić information content (AvgIpc) is 2.40. The van der Waals surface area contributed by atoms with E-state index in [1.807, 2.05) is 0 Å². The van der Waals surface area contributed by atoms with Gasteiger partial charge in [0, 0.05) is 18.6 Å². The highest BCUT2D eigenvalue weighted by molar-refractivity contribution is 4.86. The van der Waals surface area contributed by atoms with Crippen molar-refractivity contribution in [3.63, 3.8) is 0 Å². The van der Waals surface area contributed by atoms with Crippen molar-refractivity contribution in [2.24, 2.45) is 11.7 Å². The Balaban J connectivity index is 1.81. The largest absolute Gasteiger partial charge is 0.330 e. The Morgan fingerprint density at radius 3 is 2.42 bits per heavy atom. The molecule has 19 heavy (non-hydrogen) atoms. The van der Waals surface area contributed by atoms with Crippen molar-refractivity contribution in [3.8, 4) is 0 Å². The third kappa shape index (κ3) is 4.44. The van der Waals surface area contributed by atoms with Crippen molar-refractivity contribution < 1.29 is 0 Å². The van der Waals surface area contributed by atoms with E-state index < -0.39 is 0 Å². The predicted molar refractivity (Wildman–Crippen MR) is 82.3 cm³/mol. The van der Waals surface area contributed by atoms with Crippen molar-refractivity contribution in [3.05, 3.63) is 0 Å². The van der Waals surface area contributed by atoms with Crippen LogP contribution in [0.3, 0.4) is 0 Å². The number of nitrogens with two attached hydrogens (primary N) is 1. The Hall–Kier alpha value is -0.120. The molecule has 2 aliphatic rings. The molecule has 0 aromatic carbocycles. The van der Waals surface area contributed by atoms with E-state index >= 15 is 0 Å². The summed E-state index contributed by atoms with van der Waals surface area (Å²) in [6.07, 6.45) is 8.12. The number of hydrogen-bond acceptors (Lipinski definition) is 3. The van der Waals surface area contributed by atoms with Gasteiger partial charge >= 0.3 is 0 Å². The third-order valence-electron chi connectivity index (χ3n) is 4.82. The van der Waals surface area contributed by atoms with Crippen LogP contribution in [0.15, 0.2) is 0 Å². The zero-order chi connectivity index (χ0) is 13.7. The molecule has 2 rings (SSSR count). The van der Waals surface area contributed by atoms with Gasteiger partial charge in [-0.2, -0.15) is 0 Å². The van der Waals surface area contributed by atoms with Gasteiger partial charge in [0.1, 0.15) is 0 Å². The van der Waals surface area contributed by atoms with Crippen LogP contribution in [0.1, 0.15) is 52.4 Å². The minimum absolute atomic E-state index is 0.778. The molecule has 0 aromatic rings. The molecule has 0 saturated carbocycles. The molecule has 3 nitrogen and oxygen atoms in total. The van der Waals surface area contributed by atoms with Gasteiger partial charge in [0.2, 0.25) is 0 Å². The smallest absolute Gasteiger partial charge is 0.0122 e. The summed E-state index contributed by atoms with van der Waals surface area (Å²) in [6.45, 7) is 10.7. The van der Waals surface area contributed by atoms with Gasteiger partial charge < -0.3 is 10.6 Å². The van der Waals surface area contributed by atoms with Crippen molar-refractivity contribution in [1.82, 2.24) is 9.80 Å². The van der Waals surface area contributed by atoms with Crippen molar-refractivity contribution in [2.75, 3.05) is 32.7 Å². The minimum atomic E-state index is 0.778. The summed E-state index contributed by atoms with van der Waals surface area (Å²) in [5, 5.41) is 0. The molecule has 0 radical (unpaired) electrons. The van der Waals surface area contributed by atoms with Crippen molar-refractivity contribution >= 4 is 0 Å². The Bertz CT molecular complexity index is 244. The van der Waals surface area contributed by atoms with Gasteiger partial charge in [0.25, 0.3) is 0 Å². The second-order valence-corrected chi connectivity index (χ2v) is 6.89. The van der Waals surface area contributed by atoms with E-state index in [1.165, 1.54) is 64.7 Å². The van der Waals surface area contributed by atoms with Crippen LogP contribution in [-0.2, 0) is 0 Å². The highest BCUT2D eigenvalue weighted by Gasteiger charge is 2.30. The van der Waals surface area contributed by atoms with E-state index in [2.05, 4.69) is 23.6 Å². The summed E-state index contributed by atoms with van der Waals surface area (Å²) < 4.78 is 0. The maximum absolute atomic E-state index is 5.79. The molecule has 3 heteroatoms. The van der Waals surface area contributed by atoms with Crippen LogP contribution in [0, 0.1) is 5.92 Å². The molecule has 1 atom stereocenters. The summed E-state index contributed by atoms with van der Waals surface area (Å²) in [6, 6.07) is 1.61. The van der Waals surface area contributed by atoms with Gasteiger partial charge in [0.05, 0.1) is 0 Å². The fourth-order valence-corrected chi connectivity index (χ4v) is 3.96. The zero-order valence-electron chi connectivity index (χ0n) is 13.0. The summed E-state index contributed by atoms with van der Waals surface area (Å²) in [4.78, 5) is 5.46. The highest BCUT2D eigenvalue weighted by Crippen LogP contribution is 2.26. The summed E-state index contributed by atoms with van der Waals surface area (Å²) in [7, 11) is 0. The van der Waals surface area contributed by atoms with Crippen LogP contribution in [0.4, 0.5) is 0 Å². The zero-order valence-corrected chi connectivity index (χ0v) is 13.0. The summed E-state index contributed by atoms with van der Waals surface area (Å²) >= 11 is 0. The van der Waals surface area contributed by atoms with Crippen molar-refractivity contribution in [1.29, 1.82) is 0 Å². The van der Waals surface area contributed by atoms with Crippen LogP contribution in [-0.4, -0.2) is 54.6 Å². The van der Waals surface area contributed by atoms with Gasteiger partial charge in [-0.1, -0.05) is 20.3 Å². The van der Waals surface area contributed by atoms with E-state index in [1.54, 1.807) is 0 Å². The van der Waals surface area contributed by atoms with E-state index in [0.717, 1.165) is 24.5 Å². The standard InChI is InChI=1S/C16H33N3/c1-14(2)13-18-11-7-16(8-12-18)19-10-4-3-5-15(19)6-9-17/h14-16H,3-13,17H2,1-2H3. The van der Waals surface area contributed by atoms with Gasteiger partial charge in [0.15, 0.2) is 0 Å². The highest BCUT2D eigenvalue weighted by atomic mass is 15.2. The summed E-state index contributed by atoms with van der Waals surface area (Å²) in [5.74, 6) is 0.802. The first-order chi connectivity index (χ1) is 9.20. The molecule has 0 bridgehead atoms. The Labute approximate surface area is 119 Å². The van der Waals surface area contributed by atoms with Crippen LogP contribution in [0.5, 0.6) is 0 Å². The molecular formula is C16H33N3. The van der Waals surface area contributed by atoms with E-state index in [0.29, 0.717) is 0 Å². The van der Waals surface area contributed by atoms with E-state index in [4.69, 9.17) is 5.73 Å². The fraction of sp³-hybridized carbons (Fsp3) is 1.00. The predicted octanol–water partition coefficient (Wildman–Crippen LogP) is 2.31. The molecule has 0 aliphatic carbocycles. The number of nitrogens with zero attached hydrogens (tertiary/aromatic N) is 2. The number of rotatable bonds is 5. The van der Waals surface area contributed by atoms with Gasteiger partial charge in [-0.25, -0.2) is 0 Å². The van der Waals surface area contributed by atoms with Crippen LogP contribution in [0.25, 0.3) is 0 Å². The second kappa shape index (κ2) is 7.61. The first-order valence-electron chi connectivity index (χ1n) is 8.39. The lowest BCUT2D eigenvalue weighted by molar-refractivity contribution is 0.0452. The van der Waals surface area contributed by atoms with Gasteiger partial charge in [-0.3, -0.25) is 4.90 Å². The maximum atomic E-state index is 5.79. The van der Waals surface area contributed by atoms with E-state index in [-0.39, 0.29) is 0 Å². The maximum Gasteiger partial charge on any atom is 0.0122 e. The molecule has 2 saturated heterocycles. The lowest BCUT2D eigenvalue weighted by Crippen LogP contribution is -2.51. The molecule has 2 heterocycles. The monoisotopic (exact) mass is 267 g/mol. The first kappa shape index (κ1) is 15.3. The van der Waals surface area contributed by atoms with E-state index in [9.17, 15) is 0 Å². The molecule has 0 aromatic heterocycles. The fourth-order valence-electron chi connectivity index (χ4n) is 3.96. The average molecular weight is 267 g/mol. The molecular weight excluding hydrogens is 234 g/mol. The van der Waals surface area contributed by atoms with Crippen LogP contribution in [0.2, 0.25) is 0 Å². The lowest BCUT2D eigenvalue weighted by Gasteiger charge is -2.45. The Morgan fingerprint density at radius 1 is 1.05 bits per heavy atom. The molecule has 2 N–H and O–H groups in total. The Morgan fingerprint density at radius 2 is 1.79 bits per heavy atom. The van der Waals surface area contributed by atoms with Crippen molar-refractivity contribution in [2.45, 2.75) is 64.5 Å². The first-order valence-corrected chi connectivity index (χ1v) is 8.39. The molecule has 2 aliphatic heterocycles. The van der Waals surface area contributed by atoms with Crippen LogP contribution >= 0.6 is 0 Å². The molecule has 2 fully saturated rings. The number of likely N-dealkylation sites (tertiary alicyclic amines) is 2. The van der Waals surface area contributed by atoms with Crippen LogP contribution < -0.4 is 5.73 Å². The van der Waals surface area contributed by atoms with Gasteiger partial charge in [-0.05, 0) is 64.2 Å². The van der Waals surface area contributed by atoms with Gasteiger partial charge in [-0.15, -0.1) is 0 Å². The quantitative estimate of drug-likeness (QED) is 0.829.